The second-order valence-corrected chi connectivity index (χ2v) is 12.9. The number of pyridine rings is 1. The van der Waals surface area contributed by atoms with Crippen LogP contribution >= 0.6 is 22.9 Å². The summed E-state index contributed by atoms with van der Waals surface area (Å²) in [6.07, 6.45) is 5.77. The van der Waals surface area contributed by atoms with Crippen LogP contribution in [0.5, 0.6) is 0 Å². The number of likely N-dealkylation sites (tertiary alicyclic amines) is 1. The zero-order valence-electron chi connectivity index (χ0n) is 25.8. The Bertz CT molecular complexity index is 1520. The average Bonchev–Trinajstić information content (AvgIpc) is 3.72. The second kappa shape index (κ2) is 14.2. The molecule has 0 radical (unpaired) electrons. The van der Waals surface area contributed by atoms with Crippen LogP contribution in [0, 0.1) is 34.9 Å². The minimum atomic E-state index is -0.532. The minimum Gasteiger partial charge on any atom is -0.396 e. The number of nitrogen functional groups attached to an aromatic ring is 1. The van der Waals surface area contributed by atoms with E-state index in [1.807, 2.05) is 20.0 Å². The number of nitrogens with zero attached hydrogens (tertiary/aromatic N) is 4. The van der Waals surface area contributed by atoms with Gasteiger partial charge in [0.05, 0.1) is 40.4 Å². The van der Waals surface area contributed by atoms with Gasteiger partial charge < -0.3 is 25.8 Å². The van der Waals surface area contributed by atoms with Gasteiger partial charge in [-0.25, -0.2) is 9.38 Å². The molecule has 232 valence electrons. The molecule has 4 N–H and O–H groups in total. The third-order valence-electron chi connectivity index (χ3n) is 8.10. The molecule has 0 bridgehead atoms. The Morgan fingerprint density at radius 3 is 2.63 bits per heavy atom. The van der Waals surface area contributed by atoms with Crippen LogP contribution in [0.25, 0.3) is 15.7 Å². The highest BCUT2D eigenvalue weighted by atomic mass is 35.5. The van der Waals surface area contributed by atoms with Gasteiger partial charge in [-0.2, -0.15) is 5.26 Å². The van der Waals surface area contributed by atoms with Crippen molar-refractivity contribution in [1.29, 1.82) is 5.26 Å². The maximum atomic E-state index is 14.6. The number of nitriles is 1. The molecule has 0 spiro atoms. The zero-order valence-corrected chi connectivity index (χ0v) is 27.4. The molecule has 0 aromatic carbocycles. The molecule has 3 atom stereocenters. The van der Waals surface area contributed by atoms with Crippen LogP contribution in [-0.2, 0) is 4.74 Å². The van der Waals surface area contributed by atoms with E-state index in [9.17, 15) is 14.8 Å². The number of aliphatic imine (C=N–C) groups is 1. The van der Waals surface area contributed by atoms with Gasteiger partial charge >= 0.3 is 0 Å². The smallest absolute Gasteiger partial charge is 0.199 e. The molecule has 0 saturated carbocycles. The number of aliphatic hydroxyl groups excluding tert-OH is 1. The molecule has 43 heavy (non-hydrogen) atoms. The highest BCUT2D eigenvalue weighted by Gasteiger charge is 2.40. The van der Waals surface area contributed by atoms with Crippen molar-refractivity contribution in [1.82, 2.24) is 15.2 Å². The largest absolute Gasteiger partial charge is 0.396 e. The van der Waals surface area contributed by atoms with Crippen LogP contribution in [-0.4, -0.2) is 59.9 Å². The van der Waals surface area contributed by atoms with E-state index >= 15 is 0 Å². The van der Waals surface area contributed by atoms with Crippen molar-refractivity contribution in [2.24, 2.45) is 22.7 Å². The van der Waals surface area contributed by atoms with Crippen molar-refractivity contribution in [3.05, 3.63) is 51.2 Å². The molecule has 1 saturated heterocycles. The summed E-state index contributed by atoms with van der Waals surface area (Å²) in [6, 6.07) is 1.61. The monoisotopic (exact) mass is 628 g/mol. The van der Waals surface area contributed by atoms with Crippen LogP contribution in [0.1, 0.15) is 65.6 Å². The van der Waals surface area contributed by atoms with E-state index in [0.29, 0.717) is 53.3 Å². The Balaban J connectivity index is 0.000000475. The van der Waals surface area contributed by atoms with E-state index in [2.05, 4.69) is 49.0 Å². The number of halogens is 2. The van der Waals surface area contributed by atoms with E-state index < -0.39 is 11.9 Å². The quantitative estimate of drug-likeness (QED) is 0.357. The summed E-state index contributed by atoms with van der Waals surface area (Å²) in [4.78, 5) is 11.5. The van der Waals surface area contributed by atoms with Crippen molar-refractivity contribution in [2.75, 3.05) is 38.6 Å². The molecular weight excluding hydrogens is 587 g/mol. The predicted octanol–water partition coefficient (Wildman–Crippen LogP) is 6.42. The van der Waals surface area contributed by atoms with Crippen molar-refractivity contribution < 1.29 is 14.2 Å². The summed E-state index contributed by atoms with van der Waals surface area (Å²) >= 11 is 8.10. The number of nitrogens with one attached hydrogen (secondary N) is 1. The lowest BCUT2D eigenvalue weighted by Gasteiger charge is -2.32. The van der Waals surface area contributed by atoms with Crippen LogP contribution in [0.4, 0.5) is 9.39 Å². The molecule has 3 unspecified atom stereocenters. The van der Waals surface area contributed by atoms with Gasteiger partial charge in [-0.15, -0.1) is 11.3 Å². The number of ether oxygens (including phenoxy) is 1. The number of rotatable bonds is 4. The molecule has 2 aromatic heterocycles. The van der Waals surface area contributed by atoms with E-state index in [-0.39, 0.29) is 27.8 Å². The Hall–Kier alpha value is -2.97. The van der Waals surface area contributed by atoms with Crippen LogP contribution < -0.4 is 11.1 Å². The van der Waals surface area contributed by atoms with E-state index in [4.69, 9.17) is 27.1 Å². The molecule has 6 rings (SSSR count). The van der Waals surface area contributed by atoms with Crippen LogP contribution in [0.3, 0.4) is 0 Å². The number of hydrogen-bond acceptors (Lipinski definition) is 9. The molecule has 1 fully saturated rings. The normalized spacial score (nSPS) is 22.6. The lowest BCUT2D eigenvalue weighted by atomic mass is 9.83. The summed E-state index contributed by atoms with van der Waals surface area (Å²) in [5.41, 5.74) is 10.0. The predicted molar refractivity (Wildman–Crippen MR) is 174 cm³/mol. The fraction of sp³-hybridized carbons (Fsp3) is 0.531. The fourth-order valence-electron chi connectivity index (χ4n) is 5.93. The zero-order chi connectivity index (χ0) is 31.4. The first-order valence-corrected chi connectivity index (χ1v) is 16.3. The standard InChI is InChI=1S/C24H22ClFN6O2S.C6H14.C2H6/c1-10-5-32(6-11(10)7-33)24-30-3-13-14-8-34-9-15(14)17(19(25)20(13)31-24)21-18-12(2-27)23(28)35-22(18)16(26)4-29-21;1-4-5-6(2)3;1-2/h3-4,10-11,20,33H,5-9,28H2,1H3,(H,30,31);6H,4-5H2,1-3H3;1-2H3. The number of guanidine groups is 1. The molecular formula is C32H42ClFN6O2S. The number of fused-ring (bicyclic) bond motifs is 3. The lowest BCUT2D eigenvalue weighted by molar-refractivity contribution is 0.207. The number of anilines is 1. The SMILES string of the molecule is CC.CC1CN(C2=NC3C(=CN2)C2=C(COC2)C(c2ncc(F)c4sc(N)c(C#N)c24)=C3Cl)CC1CO.CCCC(C)C. The topological polar surface area (TPSA) is 120 Å². The molecule has 0 amide bonds. The number of nitrogens with two attached hydrogens (primary N) is 1. The molecule has 8 nitrogen and oxygen atoms in total. The summed E-state index contributed by atoms with van der Waals surface area (Å²) in [6.45, 7) is 15.2. The van der Waals surface area contributed by atoms with Crippen LogP contribution in [0.2, 0.25) is 0 Å². The van der Waals surface area contributed by atoms with Gasteiger partial charge in [0.1, 0.15) is 17.1 Å². The Kier molecular flexibility index (Phi) is 10.9. The number of aliphatic hydroxyl groups is 1. The summed E-state index contributed by atoms with van der Waals surface area (Å²) < 4.78 is 20.7. The van der Waals surface area contributed by atoms with E-state index in [1.165, 1.54) is 12.8 Å². The molecule has 1 aliphatic carbocycles. The number of aromatic nitrogens is 1. The summed E-state index contributed by atoms with van der Waals surface area (Å²) in [7, 11) is 0. The van der Waals surface area contributed by atoms with Gasteiger partial charge in [0, 0.05) is 48.3 Å². The van der Waals surface area contributed by atoms with E-state index in [1.54, 1.807) is 0 Å². The molecule has 5 heterocycles. The fourth-order valence-corrected chi connectivity index (χ4v) is 7.22. The highest BCUT2D eigenvalue weighted by molar-refractivity contribution is 7.23. The van der Waals surface area contributed by atoms with Gasteiger partial charge in [0.15, 0.2) is 11.8 Å². The van der Waals surface area contributed by atoms with Crippen molar-refractivity contribution in [3.63, 3.8) is 0 Å². The van der Waals surface area contributed by atoms with Gasteiger partial charge in [-0.1, -0.05) is 66.0 Å². The van der Waals surface area contributed by atoms with Crippen LogP contribution in [0.15, 0.2) is 39.1 Å². The molecule has 11 heteroatoms. The summed E-state index contributed by atoms with van der Waals surface area (Å²) in [5, 5.41) is 23.8. The third kappa shape index (κ3) is 6.32. The van der Waals surface area contributed by atoms with Gasteiger partial charge in [0.2, 0.25) is 0 Å². The first kappa shape index (κ1) is 32.9. The van der Waals surface area contributed by atoms with Gasteiger partial charge in [-0.3, -0.25) is 4.98 Å². The average molecular weight is 629 g/mol. The molecule has 4 aliphatic rings. The second-order valence-electron chi connectivity index (χ2n) is 11.4. The molecule has 2 aromatic rings. The summed E-state index contributed by atoms with van der Waals surface area (Å²) in [5.74, 6) is 1.58. The van der Waals surface area contributed by atoms with Crippen molar-refractivity contribution in [2.45, 2.75) is 60.4 Å². The maximum absolute atomic E-state index is 14.6. The highest BCUT2D eigenvalue weighted by Crippen LogP contribution is 2.48. The van der Waals surface area contributed by atoms with E-state index in [0.717, 1.165) is 46.7 Å². The Labute approximate surface area is 262 Å². The maximum Gasteiger partial charge on any atom is 0.199 e. The van der Waals surface area contributed by atoms with Crippen molar-refractivity contribution in [3.8, 4) is 6.07 Å². The first-order valence-electron chi connectivity index (χ1n) is 15.1. The molecule has 3 aliphatic heterocycles. The number of thiophene rings is 1. The lowest BCUT2D eigenvalue weighted by Crippen LogP contribution is -2.42. The first-order chi connectivity index (χ1) is 20.7. The number of hydrogen-bond donors (Lipinski definition) is 3. The Morgan fingerprint density at radius 1 is 1.30 bits per heavy atom. The van der Waals surface area contributed by atoms with Crippen molar-refractivity contribution >= 4 is 49.6 Å². The third-order valence-corrected chi connectivity index (χ3v) is 9.52. The van der Waals surface area contributed by atoms with Gasteiger partial charge in [0.25, 0.3) is 0 Å². The van der Waals surface area contributed by atoms with Gasteiger partial charge in [-0.05, 0) is 23.0 Å². The Morgan fingerprint density at radius 2 is 2.02 bits per heavy atom. The minimum absolute atomic E-state index is 0.130.